The van der Waals surface area contributed by atoms with E-state index in [1.165, 1.54) is 0 Å². The molecule has 112 valence electrons. The van der Waals surface area contributed by atoms with Gasteiger partial charge in [-0.15, -0.1) is 6.58 Å². The molecule has 1 unspecified atom stereocenters. The van der Waals surface area contributed by atoms with Crippen molar-refractivity contribution in [3.05, 3.63) is 37.0 Å². The van der Waals surface area contributed by atoms with Gasteiger partial charge < -0.3 is 9.47 Å². The molecule has 0 heterocycles. The maximum absolute atomic E-state index is 11.5. The predicted octanol–water partition coefficient (Wildman–Crippen LogP) is 3.34. The van der Waals surface area contributed by atoms with E-state index in [1.807, 2.05) is 19.9 Å². The minimum Gasteiger partial charge on any atom is -0.461 e. The van der Waals surface area contributed by atoms with E-state index < -0.39 is 0 Å². The van der Waals surface area contributed by atoms with Crippen LogP contribution in [0, 0.1) is 0 Å². The molecule has 0 radical (unpaired) electrons. The number of carbonyl (C=O) groups excluding carboxylic acids is 2. The minimum absolute atomic E-state index is 0.194. The third-order valence-corrected chi connectivity index (χ3v) is 2.44. The number of esters is 2. The van der Waals surface area contributed by atoms with Gasteiger partial charge in [-0.3, -0.25) is 9.59 Å². The van der Waals surface area contributed by atoms with Crippen molar-refractivity contribution in [1.29, 1.82) is 0 Å². The highest BCUT2D eigenvalue weighted by molar-refractivity contribution is 5.72. The van der Waals surface area contributed by atoms with Crippen LogP contribution in [0.2, 0.25) is 0 Å². The monoisotopic (exact) mass is 280 g/mol. The second kappa shape index (κ2) is 11.0. The molecule has 0 amide bonds. The maximum atomic E-state index is 11.5. The lowest BCUT2D eigenvalue weighted by molar-refractivity contribution is -0.147. The number of hydrogen-bond donors (Lipinski definition) is 0. The van der Waals surface area contributed by atoms with Crippen molar-refractivity contribution in [2.45, 2.75) is 45.6 Å². The Morgan fingerprint density at radius 3 is 2.35 bits per heavy atom. The van der Waals surface area contributed by atoms with Crippen molar-refractivity contribution >= 4 is 11.9 Å². The third-order valence-electron chi connectivity index (χ3n) is 2.44. The summed E-state index contributed by atoms with van der Waals surface area (Å²) in [6, 6.07) is 0. The molecule has 0 aliphatic rings. The molecule has 0 fully saturated rings. The Bertz CT molecular complexity index is 365. The van der Waals surface area contributed by atoms with E-state index in [-0.39, 0.29) is 37.5 Å². The molecule has 4 nitrogen and oxygen atoms in total. The third kappa shape index (κ3) is 10.1. The van der Waals surface area contributed by atoms with E-state index >= 15 is 0 Å². The van der Waals surface area contributed by atoms with Crippen molar-refractivity contribution in [3.63, 3.8) is 0 Å². The SMILES string of the molecule is C=CCC(C=C)OC(=O)CCCC(=O)OCC=C(C)C. The molecular weight excluding hydrogens is 256 g/mol. The number of rotatable bonds is 10. The Kier molecular flexibility index (Phi) is 10.0. The molecule has 0 N–H and O–H groups in total. The highest BCUT2D eigenvalue weighted by Crippen LogP contribution is 2.06. The normalized spacial score (nSPS) is 11.1. The average Bonchev–Trinajstić information content (AvgIpc) is 2.37. The molecule has 0 saturated heterocycles. The summed E-state index contributed by atoms with van der Waals surface area (Å²) in [7, 11) is 0. The van der Waals surface area contributed by atoms with E-state index in [9.17, 15) is 9.59 Å². The van der Waals surface area contributed by atoms with Gasteiger partial charge in [0.25, 0.3) is 0 Å². The van der Waals surface area contributed by atoms with Crippen molar-refractivity contribution in [1.82, 2.24) is 0 Å². The lowest BCUT2D eigenvalue weighted by Gasteiger charge is -2.11. The van der Waals surface area contributed by atoms with Crippen LogP contribution < -0.4 is 0 Å². The molecule has 0 aliphatic carbocycles. The molecule has 0 aromatic carbocycles. The van der Waals surface area contributed by atoms with Crippen LogP contribution in [0.3, 0.4) is 0 Å². The number of allylic oxidation sites excluding steroid dienone is 1. The first-order chi connectivity index (χ1) is 9.49. The van der Waals surface area contributed by atoms with Gasteiger partial charge >= 0.3 is 11.9 Å². The first-order valence-corrected chi connectivity index (χ1v) is 6.71. The van der Waals surface area contributed by atoms with Crippen LogP contribution in [0.25, 0.3) is 0 Å². The van der Waals surface area contributed by atoms with Crippen molar-refractivity contribution in [2.24, 2.45) is 0 Å². The Morgan fingerprint density at radius 2 is 1.80 bits per heavy atom. The van der Waals surface area contributed by atoms with Gasteiger partial charge in [0.2, 0.25) is 0 Å². The van der Waals surface area contributed by atoms with Gasteiger partial charge in [-0.2, -0.15) is 0 Å². The molecular formula is C16H24O4. The topological polar surface area (TPSA) is 52.6 Å². The summed E-state index contributed by atoms with van der Waals surface area (Å²) in [6.07, 6.45) is 6.09. The number of ether oxygens (including phenoxy) is 2. The first-order valence-electron chi connectivity index (χ1n) is 6.71. The predicted molar refractivity (Wildman–Crippen MR) is 79.1 cm³/mol. The summed E-state index contributed by atoms with van der Waals surface area (Å²) >= 11 is 0. The minimum atomic E-state index is -0.343. The van der Waals surface area contributed by atoms with Gasteiger partial charge in [0.1, 0.15) is 12.7 Å². The standard InChI is InChI=1S/C16H24O4/c1-5-8-14(6-2)20-16(18)10-7-9-15(17)19-12-11-13(3)4/h5-6,11,14H,1-2,7-10,12H2,3-4H3. The fraction of sp³-hybridized carbons (Fsp3) is 0.500. The number of carbonyl (C=O) groups is 2. The zero-order valence-electron chi connectivity index (χ0n) is 12.4. The second-order valence-electron chi connectivity index (χ2n) is 4.61. The Morgan fingerprint density at radius 1 is 1.15 bits per heavy atom. The lowest BCUT2D eigenvalue weighted by atomic mass is 10.2. The second-order valence-corrected chi connectivity index (χ2v) is 4.61. The average molecular weight is 280 g/mol. The lowest BCUT2D eigenvalue weighted by Crippen LogP contribution is -2.15. The van der Waals surface area contributed by atoms with Crippen LogP contribution in [0.15, 0.2) is 37.0 Å². The van der Waals surface area contributed by atoms with Crippen LogP contribution >= 0.6 is 0 Å². The van der Waals surface area contributed by atoms with E-state index in [0.29, 0.717) is 12.8 Å². The fourth-order valence-electron chi connectivity index (χ4n) is 1.33. The van der Waals surface area contributed by atoms with Crippen molar-refractivity contribution in [3.8, 4) is 0 Å². The highest BCUT2D eigenvalue weighted by Gasteiger charge is 2.10. The Hall–Kier alpha value is -1.84. The molecule has 4 heteroatoms. The molecule has 0 saturated carbocycles. The zero-order chi connectivity index (χ0) is 15.4. The molecule has 0 aliphatic heterocycles. The molecule has 20 heavy (non-hydrogen) atoms. The molecule has 1 atom stereocenters. The summed E-state index contributed by atoms with van der Waals surface area (Å²) < 4.78 is 10.1. The molecule has 0 aromatic heterocycles. The largest absolute Gasteiger partial charge is 0.461 e. The summed E-state index contributed by atoms with van der Waals surface area (Å²) in [5.74, 6) is -0.643. The Labute approximate surface area is 121 Å². The van der Waals surface area contributed by atoms with Gasteiger partial charge in [0, 0.05) is 19.3 Å². The smallest absolute Gasteiger partial charge is 0.306 e. The fourth-order valence-corrected chi connectivity index (χ4v) is 1.33. The van der Waals surface area contributed by atoms with Crippen LogP contribution in [-0.4, -0.2) is 24.6 Å². The summed E-state index contributed by atoms with van der Waals surface area (Å²) in [4.78, 5) is 22.9. The van der Waals surface area contributed by atoms with Gasteiger partial charge in [0.05, 0.1) is 0 Å². The van der Waals surface area contributed by atoms with Gasteiger partial charge in [0.15, 0.2) is 0 Å². The van der Waals surface area contributed by atoms with Crippen LogP contribution in [0.5, 0.6) is 0 Å². The summed E-state index contributed by atoms with van der Waals surface area (Å²) in [6.45, 7) is 11.3. The molecule has 0 bridgehead atoms. The van der Waals surface area contributed by atoms with E-state index in [0.717, 1.165) is 5.57 Å². The van der Waals surface area contributed by atoms with Crippen molar-refractivity contribution in [2.75, 3.05) is 6.61 Å². The molecule has 0 rings (SSSR count). The maximum Gasteiger partial charge on any atom is 0.306 e. The first kappa shape index (κ1) is 18.2. The van der Waals surface area contributed by atoms with Gasteiger partial charge in [-0.05, 0) is 26.3 Å². The van der Waals surface area contributed by atoms with Crippen LogP contribution in [-0.2, 0) is 19.1 Å². The zero-order valence-corrected chi connectivity index (χ0v) is 12.4. The Balaban J connectivity index is 3.79. The van der Waals surface area contributed by atoms with Gasteiger partial charge in [-0.25, -0.2) is 0 Å². The van der Waals surface area contributed by atoms with E-state index in [2.05, 4.69) is 13.2 Å². The highest BCUT2D eigenvalue weighted by atomic mass is 16.5. The van der Waals surface area contributed by atoms with E-state index in [4.69, 9.17) is 9.47 Å². The van der Waals surface area contributed by atoms with Crippen LogP contribution in [0.4, 0.5) is 0 Å². The summed E-state index contributed by atoms with van der Waals surface area (Å²) in [5.41, 5.74) is 1.10. The van der Waals surface area contributed by atoms with Crippen LogP contribution in [0.1, 0.15) is 39.5 Å². The van der Waals surface area contributed by atoms with Gasteiger partial charge in [-0.1, -0.05) is 24.3 Å². The number of hydrogen-bond acceptors (Lipinski definition) is 4. The quantitative estimate of drug-likeness (QED) is 0.455. The molecule has 0 spiro atoms. The van der Waals surface area contributed by atoms with Crippen molar-refractivity contribution < 1.29 is 19.1 Å². The van der Waals surface area contributed by atoms with E-state index in [1.54, 1.807) is 12.2 Å². The molecule has 0 aromatic rings. The summed E-state index contributed by atoms with van der Waals surface area (Å²) in [5, 5.41) is 0.